The summed E-state index contributed by atoms with van der Waals surface area (Å²) in [6.45, 7) is 3.95. The highest BCUT2D eigenvalue weighted by Crippen LogP contribution is 2.28. The zero-order chi connectivity index (χ0) is 23.7. The minimum atomic E-state index is -0.194. The van der Waals surface area contributed by atoms with Crippen molar-refractivity contribution in [2.75, 3.05) is 10.6 Å². The van der Waals surface area contributed by atoms with E-state index in [0.717, 1.165) is 27.8 Å². The van der Waals surface area contributed by atoms with Crippen LogP contribution in [0.1, 0.15) is 34.5 Å². The third-order valence-electron chi connectivity index (χ3n) is 5.54. The molecule has 5 aromatic rings. The SMILES string of the molecule is Cc1cncc(C(=O)Nc2cccc([C@H](C)Nc3cnc4[nH]cc(-c5cnn(C)c5)c4n3)c2)c1. The van der Waals surface area contributed by atoms with Gasteiger partial charge in [-0.1, -0.05) is 12.1 Å². The molecule has 0 saturated carbocycles. The molecular weight excluding hydrogens is 428 g/mol. The maximum absolute atomic E-state index is 12.6. The number of fused-ring (bicyclic) bond motifs is 1. The number of aromatic nitrogens is 6. The predicted molar refractivity (Wildman–Crippen MR) is 131 cm³/mol. The molecule has 0 aliphatic rings. The van der Waals surface area contributed by atoms with E-state index in [1.165, 1.54) is 0 Å². The molecule has 4 aromatic heterocycles. The van der Waals surface area contributed by atoms with Gasteiger partial charge in [0.1, 0.15) is 11.3 Å². The fraction of sp³-hybridized carbons (Fsp3) is 0.160. The van der Waals surface area contributed by atoms with E-state index in [0.29, 0.717) is 22.7 Å². The number of nitrogens with zero attached hydrogens (tertiary/aromatic N) is 5. The number of carbonyl (C=O) groups excluding carboxylic acids is 1. The summed E-state index contributed by atoms with van der Waals surface area (Å²) in [5.41, 5.74) is 6.59. The third-order valence-corrected chi connectivity index (χ3v) is 5.54. The fourth-order valence-corrected chi connectivity index (χ4v) is 3.81. The van der Waals surface area contributed by atoms with Crippen LogP contribution >= 0.6 is 0 Å². The van der Waals surface area contributed by atoms with Crippen molar-refractivity contribution < 1.29 is 4.79 Å². The van der Waals surface area contributed by atoms with E-state index in [9.17, 15) is 4.79 Å². The van der Waals surface area contributed by atoms with Gasteiger partial charge in [0.15, 0.2) is 5.65 Å². The van der Waals surface area contributed by atoms with Crippen LogP contribution in [0.3, 0.4) is 0 Å². The van der Waals surface area contributed by atoms with Crippen molar-refractivity contribution in [2.24, 2.45) is 7.05 Å². The minimum absolute atomic E-state index is 0.0648. The summed E-state index contributed by atoms with van der Waals surface area (Å²) in [5, 5.41) is 10.6. The van der Waals surface area contributed by atoms with Crippen molar-refractivity contribution in [1.29, 1.82) is 0 Å². The number of aryl methyl sites for hydroxylation is 2. The van der Waals surface area contributed by atoms with Gasteiger partial charge in [0.05, 0.1) is 24.0 Å². The molecule has 0 unspecified atom stereocenters. The van der Waals surface area contributed by atoms with Gasteiger partial charge in [0.25, 0.3) is 5.91 Å². The Morgan fingerprint density at radius 1 is 1.15 bits per heavy atom. The molecule has 170 valence electrons. The summed E-state index contributed by atoms with van der Waals surface area (Å²) in [7, 11) is 1.88. The molecule has 0 aliphatic carbocycles. The van der Waals surface area contributed by atoms with Crippen LogP contribution in [-0.4, -0.2) is 35.6 Å². The number of hydrogen-bond acceptors (Lipinski definition) is 6. The molecule has 0 fully saturated rings. The monoisotopic (exact) mass is 452 g/mol. The number of benzene rings is 1. The molecule has 1 atom stereocenters. The molecule has 34 heavy (non-hydrogen) atoms. The van der Waals surface area contributed by atoms with Crippen LogP contribution < -0.4 is 10.6 Å². The first-order valence-corrected chi connectivity index (χ1v) is 10.9. The van der Waals surface area contributed by atoms with Crippen molar-refractivity contribution in [3.63, 3.8) is 0 Å². The van der Waals surface area contributed by atoms with Crippen LogP contribution in [0, 0.1) is 6.92 Å². The zero-order valence-corrected chi connectivity index (χ0v) is 19.1. The average Bonchev–Trinajstić information content (AvgIpc) is 3.44. The van der Waals surface area contributed by atoms with Crippen LogP contribution in [-0.2, 0) is 7.05 Å². The van der Waals surface area contributed by atoms with Crippen LogP contribution in [0.15, 0.2) is 67.5 Å². The first-order chi connectivity index (χ1) is 16.5. The number of pyridine rings is 1. The minimum Gasteiger partial charge on any atom is -0.362 e. The first kappa shape index (κ1) is 21.3. The highest BCUT2D eigenvalue weighted by molar-refractivity contribution is 6.04. The zero-order valence-electron chi connectivity index (χ0n) is 19.1. The maximum atomic E-state index is 12.6. The van der Waals surface area contributed by atoms with Gasteiger partial charge in [0, 0.05) is 48.6 Å². The van der Waals surface area contributed by atoms with Crippen LogP contribution in [0.2, 0.25) is 0 Å². The molecule has 5 rings (SSSR count). The predicted octanol–water partition coefficient (Wildman–Crippen LogP) is 4.49. The largest absolute Gasteiger partial charge is 0.362 e. The Bertz CT molecular complexity index is 1490. The molecule has 1 amide bonds. The number of anilines is 2. The lowest BCUT2D eigenvalue weighted by atomic mass is 10.1. The van der Waals surface area contributed by atoms with E-state index in [4.69, 9.17) is 4.98 Å². The Labute approximate surface area is 196 Å². The summed E-state index contributed by atoms with van der Waals surface area (Å²) < 4.78 is 1.76. The molecule has 9 heteroatoms. The number of nitrogens with one attached hydrogen (secondary N) is 3. The highest BCUT2D eigenvalue weighted by atomic mass is 16.1. The summed E-state index contributed by atoms with van der Waals surface area (Å²) in [5.74, 6) is 0.464. The Balaban J connectivity index is 1.34. The first-order valence-electron chi connectivity index (χ1n) is 10.9. The highest BCUT2D eigenvalue weighted by Gasteiger charge is 2.14. The Morgan fingerprint density at radius 2 is 2.03 bits per heavy atom. The quantitative estimate of drug-likeness (QED) is 0.350. The van der Waals surface area contributed by atoms with Crippen LogP contribution in [0.25, 0.3) is 22.3 Å². The van der Waals surface area contributed by atoms with E-state index in [-0.39, 0.29) is 11.9 Å². The second kappa shape index (κ2) is 8.78. The Kier molecular flexibility index (Phi) is 5.51. The van der Waals surface area contributed by atoms with Crippen LogP contribution in [0.5, 0.6) is 0 Å². The molecule has 1 aromatic carbocycles. The molecule has 0 aliphatic heterocycles. The van der Waals surface area contributed by atoms with Crippen LogP contribution in [0.4, 0.5) is 11.5 Å². The molecule has 3 N–H and O–H groups in total. The summed E-state index contributed by atoms with van der Waals surface area (Å²) >= 11 is 0. The van der Waals surface area contributed by atoms with E-state index in [1.807, 2.05) is 63.6 Å². The lowest BCUT2D eigenvalue weighted by Crippen LogP contribution is -2.13. The number of aromatic amines is 1. The van der Waals surface area contributed by atoms with Gasteiger partial charge in [-0.15, -0.1) is 0 Å². The second-order valence-electron chi connectivity index (χ2n) is 8.25. The van der Waals surface area contributed by atoms with Gasteiger partial charge < -0.3 is 15.6 Å². The standard InChI is InChI=1S/C25H24N8O/c1-15-7-18(10-26-9-15)25(34)31-20-6-4-5-17(8-20)16(2)30-22-13-28-24-23(32-22)21(12-27-24)19-11-29-33(3)14-19/h4-14,16H,1-3H3,(H,27,28)(H,30,32)(H,31,34)/t16-/m0/s1. The van der Waals surface area contributed by atoms with Crippen molar-refractivity contribution in [1.82, 2.24) is 29.7 Å². The topological polar surface area (TPSA) is 113 Å². The Hall–Kier alpha value is -4.53. The average molecular weight is 453 g/mol. The molecular formula is C25H24N8O. The van der Waals surface area contributed by atoms with Crippen molar-refractivity contribution in [3.05, 3.63) is 84.2 Å². The van der Waals surface area contributed by atoms with Crippen molar-refractivity contribution in [2.45, 2.75) is 19.9 Å². The lowest BCUT2D eigenvalue weighted by molar-refractivity contribution is 0.102. The second-order valence-corrected chi connectivity index (χ2v) is 8.25. The molecule has 9 nitrogen and oxygen atoms in total. The van der Waals surface area contributed by atoms with Gasteiger partial charge in [-0.2, -0.15) is 5.10 Å². The summed E-state index contributed by atoms with van der Waals surface area (Å²) in [4.78, 5) is 29.1. The fourth-order valence-electron chi connectivity index (χ4n) is 3.81. The molecule has 0 bridgehead atoms. The van der Waals surface area contributed by atoms with Crippen molar-refractivity contribution in [3.8, 4) is 11.1 Å². The van der Waals surface area contributed by atoms with Gasteiger partial charge in [-0.05, 0) is 43.2 Å². The van der Waals surface area contributed by atoms with Gasteiger partial charge >= 0.3 is 0 Å². The van der Waals surface area contributed by atoms with E-state index >= 15 is 0 Å². The molecule has 0 spiro atoms. The number of carbonyl (C=O) groups is 1. The number of rotatable bonds is 6. The normalized spacial score (nSPS) is 12.0. The molecule has 0 radical (unpaired) electrons. The lowest BCUT2D eigenvalue weighted by Gasteiger charge is -2.16. The summed E-state index contributed by atoms with van der Waals surface area (Å²) in [6, 6.07) is 9.48. The number of hydrogen-bond donors (Lipinski definition) is 3. The summed E-state index contributed by atoms with van der Waals surface area (Å²) in [6.07, 6.45) is 10.6. The maximum Gasteiger partial charge on any atom is 0.257 e. The van der Waals surface area contributed by atoms with Gasteiger partial charge in [-0.3, -0.25) is 14.5 Å². The van der Waals surface area contributed by atoms with E-state index in [2.05, 4.69) is 30.7 Å². The molecule has 0 saturated heterocycles. The number of amides is 1. The third kappa shape index (κ3) is 4.36. The number of H-pyrrole nitrogens is 1. The van der Waals surface area contributed by atoms with Gasteiger partial charge in [0.2, 0.25) is 0 Å². The van der Waals surface area contributed by atoms with E-state index < -0.39 is 0 Å². The Morgan fingerprint density at radius 3 is 2.82 bits per heavy atom. The molecule has 4 heterocycles. The van der Waals surface area contributed by atoms with E-state index in [1.54, 1.807) is 29.5 Å². The van der Waals surface area contributed by atoms with Crippen molar-refractivity contribution >= 4 is 28.6 Å². The smallest absolute Gasteiger partial charge is 0.257 e. The van der Waals surface area contributed by atoms with Gasteiger partial charge in [-0.25, -0.2) is 9.97 Å².